The van der Waals surface area contributed by atoms with E-state index in [1.165, 1.54) is 11.6 Å². The predicted molar refractivity (Wildman–Crippen MR) is 103 cm³/mol. The zero-order valence-electron chi connectivity index (χ0n) is 15.1. The molecule has 2 aromatic carbocycles. The van der Waals surface area contributed by atoms with Crippen LogP contribution in [0.1, 0.15) is 5.56 Å². The lowest BCUT2D eigenvalue weighted by molar-refractivity contribution is 0.253. The lowest BCUT2D eigenvalue weighted by atomic mass is 10.1. The molecule has 0 bridgehead atoms. The van der Waals surface area contributed by atoms with Gasteiger partial charge in [0.15, 0.2) is 11.6 Å². The SMILES string of the molecule is Fc1ccc(-c2noc(N3CCN(CCc4ccc(Cl)cc4)CC3)n2)cc1F. The van der Waals surface area contributed by atoms with Crippen molar-refractivity contribution in [2.75, 3.05) is 37.6 Å². The van der Waals surface area contributed by atoms with Gasteiger partial charge in [0.05, 0.1) is 0 Å². The highest BCUT2D eigenvalue weighted by Gasteiger charge is 2.22. The highest BCUT2D eigenvalue weighted by Crippen LogP contribution is 2.22. The number of rotatable bonds is 5. The molecule has 0 radical (unpaired) electrons. The van der Waals surface area contributed by atoms with Gasteiger partial charge in [-0.15, -0.1) is 0 Å². The average molecular weight is 405 g/mol. The first kappa shape index (κ1) is 18.8. The number of piperazine rings is 1. The quantitative estimate of drug-likeness (QED) is 0.642. The maximum absolute atomic E-state index is 13.4. The van der Waals surface area contributed by atoms with Crippen molar-refractivity contribution < 1.29 is 13.3 Å². The van der Waals surface area contributed by atoms with Crippen LogP contribution in [0.15, 0.2) is 47.0 Å². The Kier molecular flexibility index (Phi) is 5.54. The molecule has 0 saturated carbocycles. The average Bonchev–Trinajstić information content (AvgIpc) is 3.20. The molecule has 0 aliphatic carbocycles. The fourth-order valence-electron chi connectivity index (χ4n) is 3.20. The van der Waals surface area contributed by atoms with Crippen LogP contribution in [0.2, 0.25) is 5.02 Å². The minimum atomic E-state index is -0.932. The van der Waals surface area contributed by atoms with Gasteiger partial charge in [0.1, 0.15) is 0 Å². The van der Waals surface area contributed by atoms with E-state index in [4.69, 9.17) is 16.1 Å². The Labute approximate surface area is 166 Å². The van der Waals surface area contributed by atoms with E-state index < -0.39 is 11.6 Å². The Hall–Kier alpha value is -2.51. The first-order chi connectivity index (χ1) is 13.6. The van der Waals surface area contributed by atoms with Gasteiger partial charge in [-0.3, -0.25) is 4.90 Å². The first-order valence-electron chi connectivity index (χ1n) is 9.09. The van der Waals surface area contributed by atoms with Crippen LogP contribution >= 0.6 is 11.6 Å². The van der Waals surface area contributed by atoms with E-state index in [9.17, 15) is 8.78 Å². The molecule has 0 unspecified atom stereocenters. The van der Waals surface area contributed by atoms with E-state index in [0.29, 0.717) is 11.6 Å². The number of anilines is 1. The highest BCUT2D eigenvalue weighted by atomic mass is 35.5. The van der Waals surface area contributed by atoms with Crippen molar-refractivity contribution in [2.45, 2.75) is 6.42 Å². The molecule has 28 heavy (non-hydrogen) atoms. The van der Waals surface area contributed by atoms with Gasteiger partial charge in [0, 0.05) is 43.3 Å². The minimum Gasteiger partial charge on any atom is -0.322 e. The molecule has 1 aliphatic heterocycles. The standard InChI is InChI=1S/C20H19ClF2N4O/c21-16-4-1-14(2-5-16)7-8-26-9-11-27(12-10-26)20-24-19(25-28-20)15-3-6-17(22)18(23)13-15/h1-6,13H,7-12H2. The summed E-state index contributed by atoms with van der Waals surface area (Å²) in [6, 6.07) is 11.9. The van der Waals surface area contributed by atoms with Gasteiger partial charge in [-0.05, 0) is 42.3 Å². The summed E-state index contributed by atoms with van der Waals surface area (Å²) in [5.74, 6) is -1.58. The molecule has 146 valence electrons. The molecular formula is C20H19ClF2N4O. The van der Waals surface area contributed by atoms with Crippen molar-refractivity contribution in [2.24, 2.45) is 0 Å². The molecule has 0 atom stereocenters. The van der Waals surface area contributed by atoms with Crippen LogP contribution in [0.4, 0.5) is 14.8 Å². The molecule has 2 heterocycles. The summed E-state index contributed by atoms with van der Waals surface area (Å²) in [5.41, 5.74) is 1.65. The van der Waals surface area contributed by atoms with Gasteiger partial charge >= 0.3 is 6.01 Å². The summed E-state index contributed by atoms with van der Waals surface area (Å²) in [6.07, 6.45) is 0.970. The predicted octanol–water partition coefficient (Wildman–Crippen LogP) is 4.03. The molecule has 1 fully saturated rings. The van der Waals surface area contributed by atoms with Crippen molar-refractivity contribution in [3.8, 4) is 11.4 Å². The Morgan fingerprint density at radius 3 is 2.43 bits per heavy atom. The van der Waals surface area contributed by atoms with E-state index >= 15 is 0 Å². The highest BCUT2D eigenvalue weighted by molar-refractivity contribution is 6.30. The van der Waals surface area contributed by atoms with Crippen molar-refractivity contribution in [1.82, 2.24) is 15.0 Å². The van der Waals surface area contributed by atoms with Crippen LogP contribution in [-0.4, -0.2) is 47.8 Å². The molecule has 5 nitrogen and oxygen atoms in total. The number of hydrogen-bond acceptors (Lipinski definition) is 5. The second-order valence-corrected chi connectivity index (χ2v) is 7.17. The maximum Gasteiger partial charge on any atom is 0.324 e. The molecular weight excluding hydrogens is 386 g/mol. The number of hydrogen-bond donors (Lipinski definition) is 0. The van der Waals surface area contributed by atoms with Crippen molar-refractivity contribution in [3.63, 3.8) is 0 Å². The van der Waals surface area contributed by atoms with E-state index in [0.717, 1.165) is 56.3 Å². The zero-order chi connectivity index (χ0) is 19.5. The normalized spacial score (nSPS) is 15.2. The summed E-state index contributed by atoms with van der Waals surface area (Å²) in [7, 11) is 0. The van der Waals surface area contributed by atoms with Gasteiger partial charge in [0.2, 0.25) is 5.82 Å². The van der Waals surface area contributed by atoms with Crippen molar-refractivity contribution in [3.05, 3.63) is 64.7 Å². The van der Waals surface area contributed by atoms with E-state index in [1.807, 2.05) is 17.0 Å². The number of aromatic nitrogens is 2. The lowest BCUT2D eigenvalue weighted by Crippen LogP contribution is -2.47. The summed E-state index contributed by atoms with van der Waals surface area (Å²) >= 11 is 5.92. The summed E-state index contributed by atoms with van der Waals surface area (Å²) in [5, 5.41) is 4.64. The Morgan fingerprint density at radius 1 is 0.964 bits per heavy atom. The molecule has 8 heteroatoms. The topological polar surface area (TPSA) is 45.4 Å². The molecule has 3 aromatic rings. The number of benzene rings is 2. The molecule has 0 N–H and O–H groups in total. The summed E-state index contributed by atoms with van der Waals surface area (Å²) < 4.78 is 31.8. The Morgan fingerprint density at radius 2 is 1.71 bits per heavy atom. The second-order valence-electron chi connectivity index (χ2n) is 6.73. The minimum absolute atomic E-state index is 0.249. The smallest absolute Gasteiger partial charge is 0.322 e. The third kappa shape index (κ3) is 4.31. The van der Waals surface area contributed by atoms with Crippen LogP contribution in [0.5, 0.6) is 0 Å². The molecule has 0 amide bonds. The first-order valence-corrected chi connectivity index (χ1v) is 9.47. The molecule has 1 saturated heterocycles. The Bertz CT molecular complexity index is 940. The third-order valence-electron chi connectivity index (χ3n) is 4.87. The second kappa shape index (κ2) is 8.24. The van der Waals surface area contributed by atoms with Crippen molar-refractivity contribution in [1.29, 1.82) is 0 Å². The van der Waals surface area contributed by atoms with Gasteiger partial charge in [-0.2, -0.15) is 4.98 Å². The zero-order valence-corrected chi connectivity index (χ0v) is 15.9. The lowest BCUT2D eigenvalue weighted by Gasteiger charge is -2.33. The van der Waals surface area contributed by atoms with Gasteiger partial charge in [-0.1, -0.05) is 28.9 Å². The number of halogens is 3. The number of nitrogens with zero attached hydrogens (tertiary/aromatic N) is 4. The van der Waals surface area contributed by atoms with E-state index in [2.05, 4.69) is 27.2 Å². The van der Waals surface area contributed by atoms with Crippen LogP contribution in [0.25, 0.3) is 11.4 Å². The Balaban J connectivity index is 1.32. The van der Waals surface area contributed by atoms with Crippen LogP contribution < -0.4 is 4.90 Å². The van der Waals surface area contributed by atoms with Crippen molar-refractivity contribution >= 4 is 17.6 Å². The molecule has 1 aliphatic rings. The van der Waals surface area contributed by atoms with Crippen LogP contribution in [0.3, 0.4) is 0 Å². The monoisotopic (exact) mass is 404 g/mol. The van der Waals surface area contributed by atoms with Crippen LogP contribution in [-0.2, 0) is 6.42 Å². The summed E-state index contributed by atoms with van der Waals surface area (Å²) in [4.78, 5) is 8.73. The fraction of sp³-hybridized carbons (Fsp3) is 0.300. The van der Waals surface area contributed by atoms with Crippen LogP contribution in [0, 0.1) is 11.6 Å². The van der Waals surface area contributed by atoms with E-state index in [-0.39, 0.29) is 5.82 Å². The maximum atomic E-state index is 13.4. The fourth-order valence-corrected chi connectivity index (χ4v) is 3.32. The summed E-state index contributed by atoms with van der Waals surface area (Å²) in [6.45, 7) is 4.27. The molecule has 1 aromatic heterocycles. The van der Waals surface area contributed by atoms with Gasteiger partial charge in [0.25, 0.3) is 0 Å². The third-order valence-corrected chi connectivity index (χ3v) is 5.12. The van der Waals surface area contributed by atoms with Gasteiger partial charge in [-0.25, -0.2) is 8.78 Å². The largest absolute Gasteiger partial charge is 0.324 e. The van der Waals surface area contributed by atoms with Gasteiger partial charge < -0.3 is 9.42 Å². The van der Waals surface area contributed by atoms with E-state index in [1.54, 1.807) is 0 Å². The molecule has 0 spiro atoms. The molecule has 4 rings (SSSR count).